The number of hydrogen-bond donors (Lipinski definition) is 1. The van der Waals surface area contributed by atoms with Gasteiger partial charge in [0.1, 0.15) is 5.75 Å². The van der Waals surface area contributed by atoms with Gasteiger partial charge in [0.15, 0.2) is 0 Å². The van der Waals surface area contributed by atoms with Crippen LogP contribution in [0.15, 0.2) is 16.6 Å². The minimum atomic E-state index is -0.303. The maximum Gasteiger partial charge on any atom is 0.119 e. The number of halogens is 1. The van der Waals surface area contributed by atoms with Crippen LogP contribution in [0.2, 0.25) is 0 Å². The Morgan fingerprint density at radius 2 is 1.87 bits per heavy atom. The van der Waals surface area contributed by atoms with Crippen molar-refractivity contribution in [1.29, 1.82) is 0 Å². The van der Waals surface area contributed by atoms with Crippen molar-refractivity contribution in [2.75, 3.05) is 6.61 Å². The van der Waals surface area contributed by atoms with Crippen LogP contribution in [0.25, 0.3) is 0 Å². The number of aliphatic hydroxyl groups excluding tert-OH is 1. The smallest absolute Gasteiger partial charge is 0.119 e. The van der Waals surface area contributed by atoms with Gasteiger partial charge in [-0.1, -0.05) is 15.9 Å². The first-order chi connectivity index (χ1) is 7.00. The van der Waals surface area contributed by atoms with E-state index in [1.165, 1.54) is 11.1 Å². The van der Waals surface area contributed by atoms with Gasteiger partial charge in [0.2, 0.25) is 0 Å². The molecule has 1 rings (SSSR count). The number of hydrogen-bond acceptors (Lipinski definition) is 2. The fourth-order valence-corrected chi connectivity index (χ4v) is 1.57. The highest BCUT2D eigenvalue weighted by atomic mass is 79.9. The summed E-state index contributed by atoms with van der Waals surface area (Å²) in [6.07, 6.45) is 0.358. The summed E-state index contributed by atoms with van der Waals surface area (Å²) in [7, 11) is 0. The SMILES string of the molecule is Cc1cc(OCC[C@H](C)O)cc(C)c1Br. The second-order valence-electron chi connectivity index (χ2n) is 3.86. The summed E-state index contributed by atoms with van der Waals surface area (Å²) in [4.78, 5) is 0. The monoisotopic (exact) mass is 272 g/mol. The summed E-state index contributed by atoms with van der Waals surface area (Å²) in [6, 6.07) is 4.00. The van der Waals surface area contributed by atoms with Gasteiger partial charge in [0, 0.05) is 10.9 Å². The van der Waals surface area contributed by atoms with Gasteiger partial charge in [0.25, 0.3) is 0 Å². The predicted molar refractivity (Wildman–Crippen MR) is 65.4 cm³/mol. The van der Waals surface area contributed by atoms with E-state index in [0.717, 1.165) is 10.2 Å². The molecule has 0 heterocycles. The van der Waals surface area contributed by atoms with Gasteiger partial charge in [-0.3, -0.25) is 0 Å². The van der Waals surface area contributed by atoms with E-state index in [1.807, 2.05) is 26.0 Å². The average Bonchev–Trinajstić information content (AvgIpc) is 2.13. The van der Waals surface area contributed by atoms with E-state index in [-0.39, 0.29) is 6.10 Å². The first kappa shape index (κ1) is 12.5. The first-order valence-corrected chi connectivity index (χ1v) is 5.87. The van der Waals surface area contributed by atoms with Crippen molar-refractivity contribution in [3.8, 4) is 5.75 Å². The van der Waals surface area contributed by atoms with Gasteiger partial charge in [0.05, 0.1) is 12.7 Å². The fraction of sp³-hybridized carbons (Fsp3) is 0.500. The molecule has 0 bridgehead atoms. The number of aliphatic hydroxyl groups is 1. The van der Waals surface area contributed by atoms with Crippen molar-refractivity contribution in [3.63, 3.8) is 0 Å². The molecule has 0 spiro atoms. The lowest BCUT2D eigenvalue weighted by atomic mass is 10.1. The minimum absolute atomic E-state index is 0.303. The molecule has 0 amide bonds. The van der Waals surface area contributed by atoms with E-state index < -0.39 is 0 Å². The molecule has 2 nitrogen and oxygen atoms in total. The zero-order valence-corrected chi connectivity index (χ0v) is 11.0. The van der Waals surface area contributed by atoms with Gasteiger partial charge in [-0.05, 0) is 44.0 Å². The van der Waals surface area contributed by atoms with Crippen molar-refractivity contribution in [3.05, 3.63) is 27.7 Å². The summed E-state index contributed by atoms with van der Waals surface area (Å²) in [6.45, 7) is 6.40. The summed E-state index contributed by atoms with van der Waals surface area (Å²) >= 11 is 3.51. The Hall–Kier alpha value is -0.540. The van der Waals surface area contributed by atoms with Crippen LogP contribution in [0.5, 0.6) is 5.75 Å². The molecular formula is C12H17BrO2. The quantitative estimate of drug-likeness (QED) is 0.912. The third-order valence-corrected chi connectivity index (χ3v) is 3.47. The molecular weight excluding hydrogens is 256 g/mol. The van der Waals surface area contributed by atoms with Crippen molar-refractivity contribution in [2.45, 2.75) is 33.3 Å². The van der Waals surface area contributed by atoms with Crippen LogP contribution >= 0.6 is 15.9 Å². The van der Waals surface area contributed by atoms with E-state index >= 15 is 0 Å². The highest BCUT2D eigenvalue weighted by Crippen LogP contribution is 2.26. The standard InChI is InChI=1S/C12H17BrO2/c1-8-6-11(7-9(2)12(8)13)15-5-4-10(3)14/h6-7,10,14H,4-5H2,1-3H3/t10-/m0/s1. The molecule has 0 saturated carbocycles. The lowest BCUT2D eigenvalue weighted by Crippen LogP contribution is -2.07. The molecule has 0 fully saturated rings. The van der Waals surface area contributed by atoms with E-state index in [2.05, 4.69) is 15.9 Å². The first-order valence-electron chi connectivity index (χ1n) is 5.08. The molecule has 0 saturated heterocycles. The van der Waals surface area contributed by atoms with Crippen LogP contribution < -0.4 is 4.74 Å². The molecule has 84 valence electrons. The van der Waals surface area contributed by atoms with E-state index in [1.54, 1.807) is 6.92 Å². The lowest BCUT2D eigenvalue weighted by Gasteiger charge is -2.10. The van der Waals surface area contributed by atoms with Gasteiger partial charge in [-0.2, -0.15) is 0 Å². The molecule has 0 aliphatic carbocycles. The maximum atomic E-state index is 9.10. The number of aryl methyl sites for hydroxylation is 2. The van der Waals surface area contributed by atoms with Crippen molar-refractivity contribution in [2.24, 2.45) is 0 Å². The zero-order chi connectivity index (χ0) is 11.4. The van der Waals surface area contributed by atoms with E-state index in [4.69, 9.17) is 9.84 Å². The topological polar surface area (TPSA) is 29.5 Å². The zero-order valence-electron chi connectivity index (χ0n) is 9.38. The van der Waals surface area contributed by atoms with Crippen LogP contribution in [0.1, 0.15) is 24.5 Å². The number of rotatable bonds is 4. The molecule has 3 heteroatoms. The Kier molecular flexibility index (Phi) is 4.61. The van der Waals surface area contributed by atoms with Gasteiger partial charge in [-0.15, -0.1) is 0 Å². The summed E-state index contributed by atoms with van der Waals surface area (Å²) in [5.74, 6) is 0.869. The number of benzene rings is 1. The van der Waals surface area contributed by atoms with Gasteiger partial charge < -0.3 is 9.84 Å². The van der Waals surface area contributed by atoms with Crippen molar-refractivity contribution in [1.82, 2.24) is 0 Å². The van der Waals surface area contributed by atoms with Gasteiger partial charge in [-0.25, -0.2) is 0 Å². The highest BCUT2D eigenvalue weighted by Gasteiger charge is 2.03. The Bertz CT molecular complexity index is 311. The molecule has 0 aliphatic heterocycles. The third kappa shape index (κ3) is 3.84. The second-order valence-corrected chi connectivity index (χ2v) is 4.65. The molecule has 1 aromatic rings. The van der Waals surface area contributed by atoms with Crippen LogP contribution in [-0.4, -0.2) is 17.8 Å². The molecule has 0 unspecified atom stereocenters. The lowest BCUT2D eigenvalue weighted by molar-refractivity contribution is 0.155. The molecule has 0 aliphatic rings. The third-order valence-electron chi connectivity index (χ3n) is 2.21. The average molecular weight is 273 g/mol. The Labute approximate surface area is 99.4 Å². The van der Waals surface area contributed by atoms with Crippen molar-refractivity contribution >= 4 is 15.9 Å². The molecule has 15 heavy (non-hydrogen) atoms. The van der Waals surface area contributed by atoms with Crippen LogP contribution in [-0.2, 0) is 0 Å². The molecule has 1 N–H and O–H groups in total. The fourth-order valence-electron chi connectivity index (χ4n) is 1.34. The Morgan fingerprint density at radius 3 is 2.33 bits per heavy atom. The summed E-state index contributed by atoms with van der Waals surface area (Å²) in [5, 5.41) is 9.10. The maximum absolute atomic E-state index is 9.10. The molecule has 1 aromatic carbocycles. The Balaban J connectivity index is 2.63. The van der Waals surface area contributed by atoms with E-state index in [9.17, 15) is 0 Å². The van der Waals surface area contributed by atoms with Crippen molar-refractivity contribution < 1.29 is 9.84 Å². The molecule has 0 radical (unpaired) electrons. The summed E-state index contributed by atoms with van der Waals surface area (Å²) < 4.78 is 6.68. The van der Waals surface area contributed by atoms with E-state index in [0.29, 0.717) is 13.0 Å². The normalized spacial score (nSPS) is 12.6. The van der Waals surface area contributed by atoms with Crippen LogP contribution in [0.3, 0.4) is 0 Å². The van der Waals surface area contributed by atoms with Crippen LogP contribution in [0, 0.1) is 13.8 Å². The number of ether oxygens (including phenoxy) is 1. The predicted octanol–water partition coefficient (Wildman–Crippen LogP) is 3.22. The molecule has 0 aromatic heterocycles. The molecule has 1 atom stereocenters. The largest absolute Gasteiger partial charge is 0.493 e. The van der Waals surface area contributed by atoms with Gasteiger partial charge >= 0.3 is 0 Å². The second kappa shape index (κ2) is 5.52. The Morgan fingerprint density at radius 1 is 1.33 bits per heavy atom. The highest BCUT2D eigenvalue weighted by molar-refractivity contribution is 9.10. The summed E-state index contributed by atoms with van der Waals surface area (Å²) in [5.41, 5.74) is 2.34. The minimum Gasteiger partial charge on any atom is -0.493 e. The van der Waals surface area contributed by atoms with Crippen LogP contribution in [0.4, 0.5) is 0 Å².